The number of thiophene rings is 1. The van der Waals surface area contributed by atoms with E-state index in [1.54, 1.807) is 29.5 Å². The monoisotopic (exact) mass is 340 g/mol. The maximum absolute atomic E-state index is 11.9. The van der Waals surface area contributed by atoms with E-state index in [0.29, 0.717) is 18.8 Å². The van der Waals surface area contributed by atoms with Crippen LogP contribution in [0.5, 0.6) is 0 Å². The lowest BCUT2D eigenvalue weighted by Crippen LogP contribution is -2.34. The van der Waals surface area contributed by atoms with Crippen LogP contribution in [0.4, 0.5) is 10.5 Å². The molecule has 3 aromatic rings. The number of anilines is 1. The molecular weight excluding hydrogens is 324 g/mol. The Morgan fingerprint density at radius 2 is 1.92 bits per heavy atom. The lowest BCUT2D eigenvalue weighted by Gasteiger charge is -2.09. The summed E-state index contributed by atoms with van der Waals surface area (Å²) in [7, 11) is 0. The number of benzene rings is 1. The first-order valence-corrected chi connectivity index (χ1v) is 8.32. The van der Waals surface area contributed by atoms with E-state index in [1.807, 2.05) is 35.7 Å². The molecule has 0 saturated heterocycles. The molecule has 2 aromatic heterocycles. The zero-order valence-corrected chi connectivity index (χ0v) is 13.6. The van der Waals surface area contributed by atoms with Crippen molar-refractivity contribution in [1.29, 1.82) is 0 Å². The van der Waals surface area contributed by atoms with Gasteiger partial charge in [-0.05, 0) is 29.6 Å². The largest absolute Gasteiger partial charge is 0.336 e. The number of hydrogen-bond donors (Lipinski definition) is 2. The Labute approximate surface area is 142 Å². The number of urea groups is 1. The number of amides is 2. The molecule has 122 valence electrons. The van der Waals surface area contributed by atoms with Crippen LogP contribution in [0.15, 0.2) is 64.8 Å². The van der Waals surface area contributed by atoms with Crippen LogP contribution >= 0.6 is 11.3 Å². The summed E-state index contributed by atoms with van der Waals surface area (Å²) in [6.45, 7) is 0.611. The minimum absolute atomic E-state index is 0.194. The smallest absolute Gasteiger partial charge is 0.319 e. The zero-order valence-electron chi connectivity index (χ0n) is 12.8. The summed E-state index contributed by atoms with van der Waals surface area (Å²) in [5.41, 5.74) is 1.27. The molecule has 0 saturated carbocycles. The van der Waals surface area contributed by atoms with Crippen molar-refractivity contribution in [2.45, 2.75) is 6.54 Å². The van der Waals surface area contributed by atoms with Crippen LogP contribution < -0.4 is 16.2 Å². The topological polar surface area (TPSA) is 76.0 Å². The van der Waals surface area contributed by atoms with Gasteiger partial charge in [-0.3, -0.25) is 4.79 Å². The summed E-state index contributed by atoms with van der Waals surface area (Å²) in [5, 5.41) is 11.7. The highest BCUT2D eigenvalue weighted by molar-refractivity contribution is 7.13. The first-order valence-electron chi connectivity index (χ1n) is 7.44. The minimum atomic E-state index is -0.316. The lowest BCUT2D eigenvalue weighted by atomic mass is 10.3. The standard InChI is InChI=1S/C17H16N4O2S/c22-16-9-8-14(15-7-4-12-24-15)20-21(16)11-10-18-17(23)19-13-5-2-1-3-6-13/h1-9,12H,10-11H2,(H2,18,19,23). The molecule has 0 bridgehead atoms. The fourth-order valence-corrected chi connectivity index (χ4v) is 2.83. The van der Waals surface area contributed by atoms with E-state index in [9.17, 15) is 9.59 Å². The quantitative estimate of drug-likeness (QED) is 0.750. The zero-order chi connectivity index (χ0) is 16.8. The summed E-state index contributed by atoms with van der Waals surface area (Å²) in [6.07, 6.45) is 0. The second-order valence-corrected chi connectivity index (χ2v) is 5.95. The Morgan fingerprint density at radius 1 is 1.08 bits per heavy atom. The molecule has 0 radical (unpaired) electrons. The molecule has 2 amide bonds. The average molecular weight is 340 g/mol. The van der Waals surface area contributed by atoms with Gasteiger partial charge in [-0.2, -0.15) is 5.10 Å². The Morgan fingerprint density at radius 3 is 2.67 bits per heavy atom. The molecule has 7 heteroatoms. The summed E-state index contributed by atoms with van der Waals surface area (Å²) in [4.78, 5) is 24.7. The maximum Gasteiger partial charge on any atom is 0.319 e. The molecule has 6 nitrogen and oxygen atoms in total. The van der Waals surface area contributed by atoms with Gasteiger partial charge in [0.2, 0.25) is 0 Å². The summed E-state index contributed by atoms with van der Waals surface area (Å²) < 4.78 is 1.36. The number of nitrogens with zero attached hydrogens (tertiary/aromatic N) is 2. The predicted molar refractivity (Wildman–Crippen MR) is 95.3 cm³/mol. The molecule has 2 heterocycles. The highest BCUT2D eigenvalue weighted by atomic mass is 32.1. The van der Waals surface area contributed by atoms with Crippen molar-refractivity contribution >= 4 is 23.1 Å². The number of carbonyl (C=O) groups excluding carboxylic acids is 1. The van der Waals surface area contributed by atoms with Gasteiger partial charge >= 0.3 is 6.03 Å². The maximum atomic E-state index is 11.9. The molecule has 24 heavy (non-hydrogen) atoms. The highest BCUT2D eigenvalue weighted by Gasteiger charge is 2.05. The fourth-order valence-electron chi connectivity index (χ4n) is 2.14. The van der Waals surface area contributed by atoms with Crippen LogP contribution in [0.2, 0.25) is 0 Å². The molecule has 3 rings (SSSR count). The Kier molecular flexibility index (Phi) is 5.02. The van der Waals surface area contributed by atoms with E-state index in [-0.39, 0.29) is 11.6 Å². The summed E-state index contributed by atoms with van der Waals surface area (Å²) in [6, 6.07) is 15.9. The van der Waals surface area contributed by atoms with Crippen LogP contribution in [0.3, 0.4) is 0 Å². The van der Waals surface area contributed by atoms with Crippen molar-refractivity contribution in [1.82, 2.24) is 15.1 Å². The van der Waals surface area contributed by atoms with Crippen molar-refractivity contribution < 1.29 is 4.79 Å². The Balaban J connectivity index is 1.57. The molecule has 0 atom stereocenters. The average Bonchev–Trinajstić information content (AvgIpc) is 3.12. The first-order chi connectivity index (χ1) is 11.7. The van der Waals surface area contributed by atoms with E-state index in [0.717, 1.165) is 10.6 Å². The van der Waals surface area contributed by atoms with E-state index in [1.165, 1.54) is 10.7 Å². The van der Waals surface area contributed by atoms with E-state index >= 15 is 0 Å². The number of nitrogens with one attached hydrogen (secondary N) is 2. The van der Waals surface area contributed by atoms with Crippen molar-refractivity contribution in [2.75, 3.05) is 11.9 Å². The van der Waals surface area contributed by atoms with Gasteiger partial charge in [-0.25, -0.2) is 9.48 Å². The van der Waals surface area contributed by atoms with Gasteiger partial charge in [-0.1, -0.05) is 24.3 Å². The van der Waals surface area contributed by atoms with Crippen LogP contribution in [-0.4, -0.2) is 22.4 Å². The molecule has 0 aliphatic carbocycles. The SMILES string of the molecule is O=C(NCCn1nc(-c2cccs2)ccc1=O)Nc1ccccc1. The molecule has 2 N–H and O–H groups in total. The van der Waals surface area contributed by atoms with Crippen LogP contribution in [0.25, 0.3) is 10.6 Å². The number of carbonyl (C=O) groups is 1. The lowest BCUT2D eigenvalue weighted by molar-refractivity contribution is 0.251. The second kappa shape index (κ2) is 7.56. The third kappa shape index (κ3) is 4.08. The number of rotatable bonds is 5. The van der Waals surface area contributed by atoms with Gasteiger partial charge in [0.05, 0.1) is 11.4 Å². The molecule has 0 fully saturated rings. The van der Waals surface area contributed by atoms with Gasteiger partial charge < -0.3 is 10.6 Å². The van der Waals surface area contributed by atoms with Crippen molar-refractivity contribution in [3.63, 3.8) is 0 Å². The van der Waals surface area contributed by atoms with Crippen molar-refractivity contribution in [3.8, 4) is 10.6 Å². The fraction of sp³-hybridized carbons (Fsp3) is 0.118. The highest BCUT2D eigenvalue weighted by Crippen LogP contribution is 2.20. The van der Waals surface area contributed by atoms with Gasteiger partial charge in [0.15, 0.2) is 0 Å². The summed E-state index contributed by atoms with van der Waals surface area (Å²) >= 11 is 1.56. The molecule has 0 aliphatic rings. The predicted octanol–water partition coefficient (Wildman–Crippen LogP) is 2.79. The minimum Gasteiger partial charge on any atom is -0.336 e. The van der Waals surface area contributed by atoms with Gasteiger partial charge in [0, 0.05) is 18.3 Å². The molecule has 0 spiro atoms. The number of aromatic nitrogens is 2. The number of para-hydroxylation sites is 1. The second-order valence-electron chi connectivity index (χ2n) is 5.00. The summed E-state index contributed by atoms with van der Waals surface area (Å²) in [5.74, 6) is 0. The van der Waals surface area contributed by atoms with Gasteiger partial charge in [-0.15, -0.1) is 11.3 Å². The van der Waals surface area contributed by atoms with E-state index in [2.05, 4.69) is 15.7 Å². The molecular formula is C17H16N4O2S. The van der Waals surface area contributed by atoms with Crippen LogP contribution in [0, 0.1) is 0 Å². The van der Waals surface area contributed by atoms with Gasteiger partial charge in [0.1, 0.15) is 5.69 Å². The molecule has 0 aliphatic heterocycles. The van der Waals surface area contributed by atoms with Crippen molar-refractivity contribution in [2.24, 2.45) is 0 Å². The molecule has 0 unspecified atom stereocenters. The van der Waals surface area contributed by atoms with Gasteiger partial charge in [0.25, 0.3) is 5.56 Å². The third-order valence-electron chi connectivity index (χ3n) is 3.28. The first kappa shape index (κ1) is 15.9. The Hall–Kier alpha value is -2.93. The Bertz CT molecular complexity index is 860. The van der Waals surface area contributed by atoms with Crippen LogP contribution in [0.1, 0.15) is 0 Å². The third-order valence-corrected chi connectivity index (χ3v) is 4.17. The molecule has 1 aromatic carbocycles. The van der Waals surface area contributed by atoms with E-state index < -0.39 is 0 Å². The number of hydrogen-bond acceptors (Lipinski definition) is 4. The van der Waals surface area contributed by atoms with E-state index in [4.69, 9.17) is 0 Å². The van der Waals surface area contributed by atoms with Crippen molar-refractivity contribution in [3.05, 3.63) is 70.3 Å². The van der Waals surface area contributed by atoms with Crippen LogP contribution in [-0.2, 0) is 6.54 Å². The normalized spacial score (nSPS) is 10.3.